The Kier molecular flexibility index (Phi) is 5.40. The molecule has 0 aliphatic heterocycles. The van der Waals surface area contributed by atoms with Gasteiger partial charge in [-0.1, -0.05) is 26.0 Å². The first-order chi connectivity index (χ1) is 9.33. The Morgan fingerprint density at radius 1 is 1.05 bits per heavy atom. The van der Waals surface area contributed by atoms with Gasteiger partial charge in [-0.3, -0.25) is 0 Å². The van der Waals surface area contributed by atoms with Gasteiger partial charge in [0, 0.05) is 6.42 Å². The molecule has 0 bridgehead atoms. The van der Waals surface area contributed by atoms with Gasteiger partial charge in [0.1, 0.15) is 5.52 Å². The van der Waals surface area contributed by atoms with Crippen LogP contribution in [0.3, 0.4) is 0 Å². The Balaban J connectivity index is 1.84. The molecule has 0 atom stereocenters. The number of aromatic nitrogens is 1. The van der Waals surface area contributed by atoms with Crippen molar-refractivity contribution >= 4 is 11.1 Å². The average Bonchev–Trinajstić information content (AvgIpc) is 2.82. The molecule has 1 aromatic heterocycles. The third-order valence-electron chi connectivity index (χ3n) is 3.28. The molecule has 0 aliphatic rings. The van der Waals surface area contributed by atoms with E-state index in [2.05, 4.69) is 23.7 Å². The van der Waals surface area contributed by atoms with E-state index in [0.29, 0.717) is 0 Å². The van der Waals surface area contributed by atoms with E-state index >= 15 is 0 Å². The standard InChI is InChI=1S/C16H24N2O/c1-3-11-18(12-4-2)13-7-10-16-17-14-8-5-6-9-15(14)19-16/h5-6,8-9H,3-4,7,10-13H2,1-2H3. The normalized spacial score (nSPS) is 11.5. The predicted molar refractivity (Wildman–Crippen MR) is 79.4 cm³/mol. The van der Waals surface area contributed by atoms with Crippen molar-refractivity contribution in [2.75, 3.05) is 19.6 Å². The number of oxazole rings is 1. The van der Waals surface area contributed by atoms with Crippen LogP contribution in [0.4, 0.5) is 0 Å². The molecule has 0 fully saturated rings. The Morgan fingerprint density at radius 3 is 2.47 bits per heavy atom. The van der Waals surface area contributed by atoms with Gasteiger partial charge in [0.05, 0.1) is 0 Å². The van der Waals surface area contributed by atoms with Crippen LogP contribution in [0, 0.1) is 0 Å². The largest absolute Gasteiger partial charge is 0.441 e. The van der Waals surface area contributed by atoms with Crippen molar-refractivity contribution in [1.29, 1.82) is 0 Å². The van der Waals surface area contributed by atoms with Crippen LogP contribution >= 0.6 is 0 Å². The highest BCUT2D eigenvalue weighted by molar-refractivity contribution is 5.72. The molecule has 3 heteroatoms. The lowest BCUT2D eigenvalue weighted by Crippen LogP contribution is -2.26. The molecule has 1 aromatic carbocycles. The summed E-state index contributed by atoms with van der Waals surface area (Å²) in [6.07, 6.45) is 4.50. The van der Waals surface area contributed by atoms with Crippen molar-refractivity contribution in [3.63, 3.8) is 0 Å². The zero-order chi connectivity index (χ0) is 13.5. The molecular formula is C16H24N2O. The second-order valence-corrected chi connectivity index (χ2v) is 5.02. The molecule has 2 rings (SSSR count). The van der Waals surface area contributed by atoms with Gasteiger partial charge in [0.2, 0.25) is 0 Å². The lowest BCUT2D eigenvalue weighted by atomic mass is 10.2. The van der Waals surface area contributed by atoms with E-state index in [0.717, 1.165) is 36.4 Å². The van der Waals surface area contributed by atoms with Crippen molar-refractivity contribution < 1.29 is 4.42 Å². The van der Waals surface area contributed by atoms with Gasteiger partial charge in [0.15, 0.2) is 11.5 Å². The van der Waals surface area contributed by atoms with Crippen LogP contribution in [0.5, 0.6) is 0 Å². The fourth-order valence-electron chi connectivity index (χ4n) is 2.45. The van der Waals surface area contributed by atoms with E-state index in [9.17, 15) is 0 Å². The summed E-state index contributed by atoms with van der Waals surface area (Å²) >= 11 is 0. The Bertz CT molecular complexity index is 453. The number of hydrogen-bond donors (Lipinski definition) is 0. The lowest BCUT2D eigenvalue weighted by molar-refractivity contribution is 0.269. The van der Waals surface area contributed by atoms with E-state index in [1.165, 1.54) is 25.9 Å². The van der Waals surface area contributed by atoms with Crippen LogP contribution in [0.25, 0.3) is 11.1 Å². The smallest absolute Gasteiger partial charge is 0.195 e. The minimum Gasteiger partial charge on any atom is -0.441 e. The summed E-state index contributed by atoms with van der Waals surface area (Å²) in [7, 11) is 0. The van der Waals surface area contributed by atoms with Crippen molar-refractivity contribution in [3.05, 3.63) is 30.2 Å². The number of benzene rings is 1. The zero-order valence-electron chi connectivity index (χ0n) is 12.1. The van der Waals surface area contributed by atoms with E-state index < -0.39 is 0 Å². The van der Waals surface area contributed by atoms with Crippen molar-refractivity contribution in [2.24, 2.45) is 0 Å². The number of para-hydroxylation sites is 2. The average molecular weight is 260 g/mol. The highest BCUT2D eigenvalue weighted by Gasteiger charge is 2.06. The highest BCUT2D eigenvalue weighted by atomic mass is 16.3. The summed E-state index contributed by atoms with van der Waals surface area (Å²) in [5, 5.41) is 0. The van der Waals surface area contributed by atoms with Gasteiger partial charge in [-0.25, -0.2) is 4.98 Å². The van der Waals surface area contributed by atoms with E-state index in [1.54, 1.807) is 0 Å². The molecule has 2 aromatic rings. The lowest BCUT2D eigenvalue weighted by Gasteiger charge is -2.20. The summed E-state index contributed by atoms with van der Waals surface area (Å²) in [6.45, 7) is 8.01. The molecule has 104 valence electrons. The second-order valence-electron chi connectivity index (χ2n) is 5.02. The molecule has 0 amide bonds. The molecule has 0 radical (unpaired) electrons. The second kappa shape index (κ2) is 7.29. The van der Waals surface area contributed by atoms with Gasteiger partial charge in [-0.05, 0) is 51.0 Å². The first-order valence-corrected chi connectivity index (χ1v) is 7.40. The topological polar surface area (TPSA) is 29.3 Å². The van der Waals surface area contributed by atoms with Crippen LogP contribution < -0.4 is 0 Å². The summed E-state index contributed by atoms with van der Waals surface area (Å²) in [6, 6.07) is 7.97. The maximum absolute atomic E-state index is 5.74. The van der Waals surface area contributed by atoms with Gasteiger partial charge < -0.3 is 9.32 Å². The summed E-state index contributed by atoms with van der Waals surface area (Å²) in [5.74, 6) is 0.870. The molecule has 0 aliphatic carbocycles. The molecule has 1 heterocycles. The summed E-state index contributed by atoms with van der Waals surface area (Å²) in [4.78, 5) is 7.05. The summed E-state index contributed by atoms with van der Waals surface area (Å²) < 4.78 is 5.74. The molecule has 3 nitrogen and oxygen atoms in total. The Labute approximate surface area is 115 Å². The minimum absolute atomic E-state index is 0.870. The van der Waals surface area contributed by atoms with Crippen LogP contribution in [0.2, 0.25) is 0 Å². The first-order valence-electron chi connectivity index (χ1n) is 7.40. The first kappa shape index (κ1) is 14.1. The van der Waals surface area contributed by atoms with E-state index in [1.807, 2.05) is 24.3 Å². The van der Waals surface area contributed by atoms with Crippen molar-refractivity contribution in [3.8, 4) is 0 Å². The molecule has 0 N–H and O–H groups in total. The SMILES string of the molecule is CCCN(CCC)CCCc1nc2ccccc2o1. The molecule has 19 heavy (non-hydrogen) atoms. The number of fused-ring (bicyclic) bond motifs is 1. The quantitative estimate of drug-likeness (QED) is 0.721. The number of aryl methyl sites for hydroxylation is 1. The van der Waals surface area contributed by atoms with Crippen LogP contribution in [0.1, 0.15) is 39.0 Å². The van der Waals surface area contributed by atoms with Gasteiger partial charge in [-0.2, -0.15) is 0 Å². The monoisotopic (exact) mass is 260 g/mol. The third kappa shape index (κ3) is 4.06. The van der Waals surface area contributed by atoms with Crippen LogP contribution in [0.15, 0.2) is 28.7 Å². The maximum atomic E-state index is 5.74. The number of hydrogen-bond acceptors (Lipinski definition) is 3. The molecular weight excluding hydrogens is 236 g/mol. The number of nitrogens with zero attached hydrogens (tertiary/aromatic N) is 2. The van der Waals surface area contributed by atoms with Crippen molar-refractivity contribution in [1.82, 2.24) is 9.88 Å². The number of rotatable bonds is 8. The molecule has 0 saturated carbocycles. The minimum atomic E-state index is 0.870. The van der Waals surface area contributed by atoms with E-state index in [4.69, 9.17) is 4.42 Å². The van der Waals surface area contributed by atoms with Gasteiger partial charge in [-0.15, -0.1) is 0 Å². The van der Waals surface area contributed by atoms with Crippen LogP contribution in [-0.2, 0) is 6.42 Å². The van der Waals surface area contributed by atoms with E-state index in [-0.39, 0.29) is 0 Å². The fraction of sp³-hybridized carbons (Fsp3) is 0.562. The Hall–Kier alpha value is -1.35. The predicted octanol–water partition coefficient (Wildman–Crippen LogP) is 3.88. The highest BCUT2D eigenvalue weighted by Crippen LogP contribution is 2.15. The maximum Gasteiger partial charge on any atom is 0.195 e. The Morgan fingerprint density at radius 2 is 1.79 bits per heavy atom. The van der Waals surface area contributed by atoms with Crippen molar-refractivity contribution in [2.45, 2.75) is 39.5 Å². The third-order valence-corrected chi connectivity index (χ3v) is 3.28. The molecule has 0 spiro atoms. The summed E-state index contributed by atoms with van der Waals surface area (Å²) in [5.41, 5.74) is 1.87. The van der Waals surface area contributed by atoms with Gasteiger partial charge >= 0.3 is 0 Å². The zero-order valence-corrected chi connectivity index (χ0v) is 12.1. The van der Waals surface area contributed by atoms with Crippen LogP contribution in [-0.4, -0.2) is 29.5 Å². The fourth-order valence-corrected chi connectivity index (χ4v) is 2.45. The molecule has 0 unspecified atom stereocenters. The molecule has 0 saturated heterocycles. The van der Waals surface area contributed by atoms with Gasteiger partial charge in [0.25, 0.3) is 0 Å².